The first kappa shape index (κ1) is 18.5. The highest BCUT2D eigenvalue weighted by Gasteiger charge is 2.04. The Bertz CT molecular complexity index is 388. The number of hydrogen-bond donors (Lipinski definition) is 2. The maximum Gasteiger partial charge on any atom is 0.220 e. The molecule has 0 aliphatic heterocycles. The molecule has 114 valence electrons. The zero-order valence-electron chi connectivity index (χ0n) is 11.8. The predicted octanol–water partition coefficient (Wildman–Crippen LogP) is 1.74. The van der Waals surface area contributed by atoms with Crippen molar-refractivity contribution in [1.82, 2.24) is 5.32 Å². The summed E-state index contributed by atoms with van der Waals surface area (Å²) in [5, 5.41) is 2.72. The van der Waals surface area contributed by atoms with Crippen LogP contribution in [0.1, 0.15) is 19.8 Å². The fourth-order valence-corrected chi connectivity index (χ4v) is 1.56. The van der Waals surface area contributed by atoms with Crippen molar-refractivity contribution in [3.05, 3.63) is 24.3 Å². The van der Waals surface area contributed by atoms with Crippen LogP contribution in [0.25, 0.3) is 0 Å². The van der Waals surface area contributed by atoms with Gasteiger partial charge >= 0.3 is 0 Å². The summed E-state index contributed by atoms with van der Waals surface area (Å²) >= 11 is 0. The first-order chi connectivity index (χ1) is 9.27. The Morgan fingerprint density at radius 3 is 2.50 bits per heavy atom. The summed E-state index contributed by atoms with van der Waals surface area (Å²) in [4.78, 5) is 11.3. The third kappa shape index (κ3) is 7.21. The van der Waals surface area contributed by atoms with Crippen molar-refractivity contribution < 1.29 is 14.3 Å². The van der Waals surface area contributed by atoms with Gasteiger partial charge in [0.1, 0.15) is 0 Å². The SMILES string of the molecule is CCOc1ccccc1OCCCC(=O)NCCN.Cl. The number of carbonyl (C=O) groups is 1. The van der Waals surface area contributed by atoms with Crippen LogP contribution in [-0.2, 0) is 4.79 Å². The number of benzene rings is 1. The molecule has 0 saturated heterocycles. The van der Waals surface area contributed by atoms with E-state index in [0.29, 0.717) is 44.9 Å². The fraction of sp³-hybridized carbons (Fsp3) is 0.500. The van der Waals surface area contributed by atoms with Crippen LogP contribution < -0.4 is 20.5 Å². The second-order valence-electron chi connectivity index (χ2n) is 3.97. The Balaban J connectivity index is 0.00000361. The number of nitrogens with two attached hydrogens (primary N) is 1. The molecule has 3 N–H and O–H groups in total. The van der Waals surface area contributed by atoms with Gasteiger partial charge in [-0.2, -0.15) is 0 Å². The average Bonchev–Trinajstić information content (AvgIpc) is 2.43. The van der Waals surface area contributed by atoms with Gasteiger partial charge in [-0.05, 0) is 25.5 Å². The van der Waals surface area contributed by atoms with Crippen molar-refractivity contribution in [3.8, 4) is 11.5 Å². The Kier molecular flexibility index (Phi) is 10.5. The van der Waals surface area contributed by atoms with Crippen molar-refractivity contribution in [2.45, 2.75) is 19.8 Å². The molecule has 20 heavy (non-hydrogen) atoms. The first-order valence-electron chi connectivity index (χ1n) is 6.59. The predicted molar refractivity (Wildman–Crippen MR) is 81.7 cm³/mol. The lowest BCUT2D eigenvalue weighted by molar-refractivity contribution is -0.121. The van der Waals surface area contributed by atoms with E-state index >= 15 is 0 Å². The monoisotopic (exact) mass is 302 g/mol. The van der Waals surface area contributed by atoms with Gasteiger partial charge in [0.25, 0.3) is 0 Å². The molecule has 0 heterocycles. The highest BCUT2D eigenvalue weighted by molar-refractivity contribution is 5.85. The van der Waals surface area contributed by atoms with Gasteiger partial charge in [0.15, 0.2) is 11.5 Å². The van der Waals surface area contributed by atoms with E-state index in [1.807, 2.05) is 31.2 Å². The van der Waals surface area contributed by atoms with Crippen LogP contribution in [0.2, 0.25) is 0 Å². The topological polar surface area (TPSA) is 73.6 Å². The van der Waals surface area contributed by atoms with Gasteiger partial charge in [-0.1, -0.05) is 12.1 Å². The number of halogens is 1. The van der Waals surface area contributed by atoms with Crippen LogP contribution in [0, 0.1) is 0 Å². The molecule has 0 radical (unpaired) electrons. The molecule has 1 aromatic carbocycles. The van der Waals surface area contributed by atoms with E-state index < -0.39 is 0 Å². The molecule has 0 atom stereocenters. The van der Waals surface area contributed by atoms with Crippen LogP contribution >= 0.6 is 12.4 Å². The van der Waals surface area contributed by atoms with E-state index in [4.69, 9.17) is 15.2 Å². The largest absolute Gasteiger partial charge is 0.490 e. The smallest absolute Gasteiger partial charge is 0.220 e. The Morgan fingerprint density at radius 2 is 1.90 bits per heavy atom. The second kappa shape index (κ2) is 11.4. The first-order valence-corrected chi connectivity index (χ1v) is 6.59. The maximum absolute atomic E-state index is 11.3. The molecule has 1 rings (SSSR count). The minimum absolute atomic E-state index is 0. The molecular formula is C14H23ClN2O3. The van der Waals surface area contributed by atoms with E-state index in [1.165, 1.54) is 0 Å². The molecule has 0 bridgehead atoms. The van der Waals surface area contributed by atoms with Crippen molar-refractivity contribution >= 4 is 18.3 Å². The molecule has 0 aromatic heterocycles. The number of rotatable bonds is 9. The summed E-state index contributed by atoms with van der Waals surface area (Å²) < 4.78 is 11.1. The van der Waals surface area contributed by atoms with Crippen molar-refractivity contribution in [1.29, 1.82) is 0 Å². The maximum atomic E-state index is 11.3. The summed E-state index contributed by atoms with van der Waals surface area (Å²) in [6, 6.07) is 7.52. The number of carbonyl (C=O) groups excluding carboxylic acids is 1. The van der Waals surface area contributed by atoms with Gasteiger partial charge in [0.2, 0.25) is 5.91 Å². The third-order valence-electron chi connectivity index (χ3n) is 2.42. The summed E-state index contributed by atoms with van der Waals surface area (Å²) in [5.41, 5.74) is 5.30. The molecular weight excluding hydrogens is 280 g/mol. The molecule has 1 amide bonds. The molecule has 0 saturated carbocycles. The molecule has 0 aliphatic rings. The van der Waals surface area contributed by atoms with E-state index in [9.17, 15) is 4.79 Å². The highest BCUT2D eigenvalue weighted by Crippen LogP contribution is 2.26. The normalized spacial score (nSPS) is 9.50. The lowest BCUT2D eigenvalue weighted by Crippen LogP contribution is -2.29. The number of ether oxygens (including phenoxy) is 2. The molecule has 0 fully saturated rings. The average molecular weight is 303 g/mol. The second-order valence-corrected chi connectivity index (χ2v) is 3.97. The van der Waals surface area contributed by atoms with Crippen LogP contribution in [-0.4, -0.2) is 32.2 Å². The molecule has 5 nitrogen and oxygen atoms in total. The molecule has 0 spiro atoms. The van der Waals surface area contributed by atoms with Gasteiger partial charge in [0.05, 0.1) is 13.2 Å². The van der Waals surface area contributed by atoms with Gasteiger partial charge in [-0.3, -0.25) is 4.79 Å². The molecule has 6 heteroatoms. The molecule has 0 unspecified atom stereocenters. The van der Waals surface area contributed by atoms with E-state index in [0.717, 1.165) is 5.75 Å². The highest BCUT2D eigenvalue weighted by atomic mass is 35.5. The van der Waals surface area contributed by atoms with Gasteiger partial charge in [-0.15, -0.1) is 12.4 Å². The number of amides is 1. The van der Waals surface area contributed by atoms with E-state index in [-0.39, 0.29) is 18.3 Å². The van der Waals surface area contributed by atoms with Gasteiger partial charge in [-0.25, -0.2) is 0 Å². The van der Waals surface area contributed by atoms with Crippen molar-refractivity contribution in [3.63, 3.8) is 0 Å². The summed E-state index contributed by atoms with van der Waals surface area (Å²) in [5.74, 6) is 1.46. The van der Waals surface area contributed by atoms with E-state index in [1.54, 1.807) is 0 Å². The Hall–Kier alpha value is -1.46. The number of nitrogens with one attached hydrogen (secondary N) is 1. The van der Waals surface area contributed by atoms with Crippen molar-refractivity contribution in [2.24, 2.45) is 5.73 Å². The summed E-state index contributed by atoms with van der Waals surface area (Å²) in [6.07, 6.45) is 1.10. The van der Waals surface area contributed by atoms with Crippen LogP contribution in [0.3, 0.4) is 0 Å². The summed E-state index contributed by atoms with van der Waals surface area (Å²) in [6.45, 7) is 4.00. The quantitative estimate of drug-likeness (QED) is 0.682. The minimum atomic E-state index is 0. The number of para-hydroxylation sites is 2. The van der Waals surface area contributed by atoms with Crippen LogP contribution in [0.15, 0.2) is 24.3 Å². The summed E-state index contributed by atoms with van der Waals surface area (Å²) in [7, 11) is 0. The van der Waals surface area contributed by atoms with Crippen LogP contribution in [0.4, 0.5) is 0 Å². The minimum Gasteiger partial charge on any atom is -0.490 e. The fourth-order valence-electron chi connectivity index (χ4n) is 1.56. The standard InChI is InChI=1S/C14H22N2O3.ClH/c1-2-18-12-6-3-4-7-13(12)19-11-5-8-14(17)16-10-9-15;/h3-4,6-7H,2,5,8-11,15H2,1H3,(H,16,17);1H. The number of hydrogen-bond acceptors (Lipinski definition) is 4. The lowest BCUT2D eigenvalue weighted by atomic mass is 10.3. The zero-order valence-corrected chi connectivity index (χ0v) is 12.6. The van der Waals surface area contributed by atoms with Gasteiger partial charge in [0, 0.05) is 19.5 Å². The zero-order chi connectivity index (χ0) is 13.9. The van der Waals surface area contributed by atoms with Crippen LogP contribution in [0.5, 0.6) is 11.5 Å². The lowest BCUT2D eigenvalue weighted by Gasteiger charge is -2.11. The van der Waals surface area contributed by atoms with Crippen molar-refractivity contribution in [2.75, 3.05) is 26.3 Å². The Morgan fingerprint density at radius 1 is 1.25 bits per heavy atom. The van der Waals surface area contributed by atoms with Gasteiger partial charge < -0.3 is 20.5 Å². The third-order valence-corrected chi connectivity index (χ3v) is 2.42. The Labute approximate surface area is 126 Å². The molecule has 0 aliphatic carbocycles. The van der Waals surface area contributed by atoms with E-state index in [2.05, 4.69) is 5.32 Å². The molecule has 1 aromatic rings.